The molecule has 0 bridgehead atoms. The fourth-order valence-electron chi connectivity index (χ4n) is 1.30. The Kier molecular flexibility index (Phi) is 3.62. The largest absolute Gasteiger partial charge is 0.353 e. The van der Waals surface area contributed by atoms with Crippen LogP contribution in [0, 0.1) is 0 Å². The molecule has 0 radical (unpaired) electrons. The third-order valence-electron chi connectivity index (χ3n) is 1.97. The van der Waals surface area contributed by atoms with E-state index in [1.807, 2.05) is 0 Å². The van der Waals surface area contributed by atoms with Gasteiger partial charge in [0, 0.05) is 18.7 Å². The maximum Gasteiger partial charge on any atom is 0.157 e. The Morgan fingerprint density at radius 2 is 2.38 bits per heavy atom. The molecule has 0 aromatic rings. The Bertz CT molecular complexity index is 228. The fraction of sp³-hybridized carbons (Fsp3) is 1.00. The topological polar surface area (TPSA) is 18.5 Å². The second-order valence-electron chi connectivity index (χ2n) is 3.12. The predicted molar refractivity (Wildman–Crippen MR) is 53.7 cm³/mol. The lowest BCUT2D eigenvalue weighted by Crippen LogP contribution is -2.22. The van der Waals surface area contributed by atoms with Crippen LogP contribution in [0.3, 0.4) is 0 Å². The zero-order valence-corrected chi connectivity index (χ0v) is 8.34. The SMILES string of the molecule is [2H]C([2H])(CC)C([2H])([2H])CCOC1CCCCO1. The number of rotatable bonds is 6. The minimum Gasteiger partial charge on any atom is -0.353 e. The van der Waals surface area contributed by atoms with E-state index in [0.717, 1.165) is 19.3 Å². The molecule has 13 heavy (non-hydrogen) atoms. The maximum atomic E-state index is 7.72. The minimum atomic E-state index is -1.85. The molecule has 1 aliphatic heterocycles. The second kappa shape index (κ2) is 7.34. The molecule has 1 saturated heterocycles. The van der Waals surface area contributed by atoms with Gasteiger partial charge in [0.2, 0.25) is 0 Å². The molecule has 0 aliphatic carbocycles. The Morgan fingerprint density at radius 3 is 3.08 bits per heavy atom. The van der Waals surface area contributed by atoms with E-state index < -0.39 is 12.7 Å². The summed E-state index contributed by atoms with van der Waals surface area (Å²) in [5.41, 5.74) is 0. The molecule has 1 unspecified atom stereocenters. The van der Waals surface area contributed by atoms with Crippen molar-refractivity contribution in [3.05, 3.63) is 0 Å². The highest BCUT2D eigenvalue weighted by atomic mass is 16.7. The van der Waals surface area contributed by atoms with Crippen LogP contribution in [0.5, 0.6) is 0 Å². The van der Waals surface area contributed by atoms with E-state index in [4.69, 9.17) is 15.0 Å². The van der Waals surface area contributed by atoms with Gasteiger partial charge in [0.05, 0.1) is 0 Å². The van der Waals surface area contributed by atoms with Crippen molar-refractivity contribution in [1.29, 1.82) is 0 Å². The third-order valence-corrected chi connectivity index (χ3v) is 1.97. The van der Waals surface area contributed by atoms with Gasteiger partial charge in [0.15, 0.2) is 6.29 Å². The Balaban J connectivity index is 2.29. The number of hydrogen-bond acceptors (Lipinski definition) is 2. The van der Waals surface area contributed by atoms with Gasteiger partial charge in [-0.15, -0.1) is 0 Å². The molecule has 1 rings (SSSR count). The first-order valence-electron chi connectivity index (χ1n) is 7.12. The van der Waals surface area contributed by atoms with Crippen LogP contribution in [0.15, 0.2) is 0 Å². The van der Waals surface area contributed by atoms with Crippen molar-refractivity contribution in [2.24, 2.45) is 0 Å². The molecule has 0 aromatic heterocycles. The number of hydrogen-bond donors (Lipinski definition) is 0. The first kappa shape index (κ1) is 6.41. The normalized spacial score (nSPS) is 30.1. The Morgan fingerprint density at radius 1 is 1.46 bits per heavy atom. The average molecular weight is 190 g/mol. The zero-order chi connectivity index (χ0) is 12.9. The summed E-state index contributed by atoms with van der Waals surface area (Å²) < 4.78 is 41.4. The third kappa shape index (κ3) is 5.27. The van der Waals surface area contributed by atoms with Crippen molar-refractivity contribution in [3.63, 3.8) is 0 Å². The lowest BCUT2D eigenvalue weighted by molar-refractivity contribution is -0.162. The van der Waals surface area contributed by atoms with Crippen LogP contribution in [-0.2, 0) is 9.47 Å². The number of ether oxygens (including phenoxy) is 2. The standard InChI is InChI=1S/C11H22O2/c1-2-3-4-6-9-12-11-8-5-7-10-13-11/h11H,2-10H2,1H3/i3D2,4D2. The summed E-state index contributed by atoms with van der Waals surface area (Å²) in [5, 5.41) is 0. The summed E-state index contributed by atoms with van der Waals surface area (Å²) in [7, 11) is 0. The molecule has 0 amide bonds. The van der Waals surface area contributed by atoms with E-state index >= 15 is 0 Å². The molecule has 0 spiro atoms. The summed E-state index contributed by atoms with van der Waals surface area (Å²) in [4.78, 5) is 0. The van der Waals surface area contributed by atoms with Gasteiger partial charge in [-0.2, -0.15) is 0 Å². The first-order valence-corrected chi connectivity index (χ1v) is 5.12. The summed E-state index contributed by atoms with van der Waals surface area (Å²) in [6.07, 6.45) is -0.670. The molecular formula is C11H22O2. The van der Waals surface area contributed by atoms with Crippen LogP contribution >= 0.6 is 0 Å². The second-order valence-corrected chi connectivity index (χ2v) is 3.12. The molecule has 1 heterocycles. The molecule has 1 aliphatic rings. The minimum absolute atomic E-state index is 0.0632. The van der Waals surface area contributed by atoms with E-state index in [9.17, 15) is 0 Å². The highest BCUT2D eigenvalue weighted by molar-refractivity contribution is 4.53. The van der Waals surface area contributed by atoms with Gasteiger partial charge in [-0.1, -0.05) is 26.1 Å². The smallest absolute Gasteiger partial charge is 0.157 e. The van der Waals surface area contributed by atoms with Crippen LogP contribution < -0.4 is 0 Å². The van der Waals surface area contributed by atoms with Crippen molar-refractivity contribution in [2.45, 2.75) is 58.1 Å². The molecule has 0 N–H and O–H groups in total. The lowest BCUT2D eigenvalue weighted by atomic mass is 10.2. The molecule has 2 nitrogen and oxygen atoms in total. The van der Waals surface area contributed by atoms with E-state index in [1.165, 1.54) is 0 Å². The zero-order valence-electron chi connectivity index (χ0n) is 12.3. The van der Waals surface area contributed by atoms with Gasteiger partial charge in [0.25, 0.3) is 0 Å². The van der Waals surface area contributed by atoms with Gasteiger partial charge >= 0.3 is 0 Å². The maximum absolute atomic E-state index is 7.72. The quantitative estimate of drug-likeness (QED) is 0.640. The van der Waals surface area contributed by atoms with Gasteiger partial charge in [-0.25, -0.2) is 0 Å². The summed E-state index contributed by atoms with van der Waals surface area (Å²) in [6, 6.07) is 0. The monoisotopic (exact) mass is 190 g/mol. The Hall–Kier alpha value is -0.0800. The van der Waals surface area contributed by atoms with Crippen molar-refractivity contribution < 1.29 is 15.0 Å². The van der Waals surface area contributed by atoms with E-state index in [-0.39, 0.29) is 25.7 Å². The highest BCUT2D eigenvalue weighted by Crippen LogP contribution is 2.14. The molecular weight excluding hydrogens is 164 g/mol. The van der Waals surface area contributed by atoms with Crippen molar-refractivity contribution in [1.82, 2.24) is 0 Å². The van der Waals surface area contributed by atoms with Gasteiger partial charge in [-0.05, 0) is 25.7 Å². The van der Waals surface area contributed by atoms with Crippen molar-refractivity contribution in [3.8, 4) is 0 Å². The van der Waals surface area contributed by atoms with Crippen molar-refractivity contribution in [2.75, 3.05) is 13.2 Å². The predicted octanol–water partition coefficient (Wildman–Crippen LogP) is 3.11. The highest BCUT2D eigenvalue weighted by Gasteiger charge is 2.12. The average Bonchev–Trinajstić information content (AvgIpc) is 2.30. The summed E-state index contributed by atoms with van der Waals surface area (Å²) in [6.45, 7) is 2.56. The van der Waals surface area contributed by atoms with Crippen LogP contribution in [-0.4, -0.2) is 19.5 Å². The summed E-state index contributed by atoms with van der Waals surface area (Å²) >= 11 is 0. The van der Waals surface area contributed by atoms with Gasteiger partial charge in [-0.3, -0.25) is 0 Å². The fourth-order valence-corrected chi connectivity index (χ4v) is 1.30. The van der Waals surface area contributed by atoms with Crippen LogP contribution in [0.25, 0.3) is 0 Å². The lowest BCUT2D eigenvalue weighted by Gasteiger charge is -2.22. The van der Waals surface area contributed by atoms with Crippen LogP contribution in [0.1, 0.15) is 57.3 Å². The van der Waals surface area contributed by atoms with Gasteiger partial charge < -0.3 is 9.47 Å². The summed E-state index contributed by atoms with van der Waals surface area (Å²) in [5.74, 6) is 0. The van der Waals surface area contributed by atoms with E-state index in [1.54, 1.807) is 6.92 Å². The first-order chi connectivity index (χ1) is 7.89. The van der Waals surface area contributed by atoms with Gasteiger partial charge in [0.1, 0.15) is 0 Å². The molecule has 78 valence electrons. The Labute approximate surface area is 87.2 Å². The molecule has 1 fully saturated rings. The van der Waals surface area contributed by atoms with E-state index in [2.05, 4.69) is 0 Å². The van der Waals surface area contributed by atoms with Crippen LogP contribution in [0.2, 0.25) is 0 Å². The molecule has 0 aromatic carbocycles. The van der Waals surface area contributed by atoms with Crippen LogP contribution in [0.4, 0.5) is 0 Å². The van der Waals surface area contributed by atoms with Crippen molar-refractivity contribution >= 4 is 0 Å². The molecule has 2 heteroatoms. The van der Waals surface area contributed by atoms with E-state index in [0.29, 0.717) is 6.61 Å². The molecule has 1 atom stereocenters. The molecule has 0 saturated carbocycles.